The van der Waals surface area contributed by atoms with E-state index in [1.807, 2.05) is 61.2 Å². The Hall–Kier alpha value is -6.37. The molecule has 4 N–H and O–H groups in total. The average molecular weight is 941 g/mol. The predicted molar refractivity (Wildman–Crippen MR) is 263 cm³/mol. The van der Waals surface area contributed by atoms with E-state index in [9.17, 15) is 32.8 Å². The van der Waals surface area contributed by atoms with Crippen molar-refractivity contribution in [1.29, 1.82) is 0 Å². The molecule has 4 aromatic carbocycles. The molecule has 3 atom stereocenters. The number of carbonyl (C=O) groups is 4. The van der Waals surface area contributed by atoms with Crippen LogP contribution in [0.2, 0.25) is 0 Å². The highest BCUT2D eigenvalue weighted by Gasteiger charge is 2.44. The van der Waals surface area contributed by atoms with Gasteiger partial charge in [-0.15, -0.1) is 0 Å². The Morgan fingerprint density at radius 2 is 1.65 bits per heavy atom. The standard InChI is InChI=1S/C54H62F2N8O5/c1-34-11-16-40(59-48-32-57-33-54(48,55)56)31-44(34)51(67)58-35(2)41-17-14-38(42-8-4-5-9-43(41)42)13-12-36-21-26-62(27-22-36)25-7-6-10-50(66)63-28-23-37(24-29-63)39-15-18-45-47(30-39)61(3)53(69)64(45)46-19-20-49(65)60-52(46)68/h4-5,8-9,11,14-18,30-31,35-37,46,48,57,59H,6-7,10,19-29,32-33H2,1-3H3,(H,58,67)(H,60,65,68)/t35-,46?,48+/m1/s1. The van der Waals surface area contributed by atoms with Gasteiger partial charge in [0.2, 0.25) is 17.7 Å². The van der Waals surface area contributed by atoms with Gasteiger partial charge in [-0.05, 0) is 142 Å². The first-order valence-corrected chi connectivity index (χ1v) is 24.6. The minimum atomic E-state index is -2.88. The Balaban J connectivity index is 0.716. The van der Waals surface area contributed by atoms with E-state index in [2.05, 4.69) is 50.1 Å². The Bertz CT molecular complexity index is 2900. The monoisotopic (exact) mass is 940 g/mol. The molecule has 4 amide bonds. The Morgan fingerprint density at radius 1 is 0.884 bits per heavy atom. The van der Waals surface area contributed by atoms with Crippen LogP contribution in [0.25, 0.3) is 21.8 Å². The summed E-state index contributed by atoms with van der Waals surface area (Å²) >= 11 is 0. The number of alkyl halides is 2. The van der Waals surface area contributed by atoms with Crippen molar-refractivity contribution in [2.45, 2.75) is 102 Å². The van der Waals surface area contributed by atoms with Crippen molar-refractivity contribution in [2.24, 2.45) is 13.0 Å². The number of unbranched alkanes of at least 4 members (excludes halogenated alkanes) is 1. The molecule has 1 unspecified atom stereocenters. The molecule has 1 aromatic heterocycles. The van der Waals surface area contributed by atoms with Gasteiger partial charge in [0.15, 0.2) is 0 Å². The second-order valence-corrected chi connectivity index (χ2v) is 19.5. The normalized spacial score (nSPS) is 20.7. The van der Waals surface area contributed by atoms with Gasteiger partial charge in [0.05, 0.1) is 23.6 Å². The summed E-state index contributed by atoms with van der Waals surface area (Å²) in [5, 5.41) is 13.2. The van der Waals surface area contributed by atoms with E-state index < -0.39 is 23.9 Å². The van der Waals surface area contributed by atoms with Crippen LogP contribution in [-0.2, 0) is 21.4 Å². The van der Waals surface area contributed by atoms with Gasteiger partial charge in [-0.25, -0.2) is 13.6 Å². The molecule has 13 nitrogen and oxygen atoms in total. The highest BCUT2D eigenvalue weighted by Crippen LogP contribution is 2.33. The Morgan fingerprint density at radius 3 is 2.39 bits per heavy atom. The number of piperidine rings is 3. The third kappa shape index (κ3) is 10.3. The van der Waals surface area contributed by atoms with Crippen LogP contribution in [-0.4, -0.2) is 100 Å². The number of halogens is 2. The van der Waals surface area contributed by atoms with E-state index >= 15 is 0 Å². The molecule has 5 aromatic rings. The van der Waals surface area contributed by atoms with E-state index in [-0.39, 0.29) is 54.9 Å². The SMILES string of the molecule is Cc1ccc(N[C@H]2CNCC2(F)F)cc1C(=O)N[C@H](C)c1ccc(C#CC2CCN(CCCCC(=O)N3CCC(c4ccc5c(c4)n(C)c(=O)n5C4CCC(=O)NC4=O)CC3)CC2)c2ccccc12. The minimum Gasteiger partial charge on any atom is -0.375 e. The number of rotatable bonds is 12. The fraction of sp³-hybridized carbons (Fsp3) is 0.463. The first-order chi connectivity index (χ1) is 33.2. The van der Waals surface area contributed by atoms with Crippen LogP contribution in [0.3, 0.4) is 0 Å². The summed E-state index contributed by atoms with van der Waals surface area (Å²) in [4.78, 5) is 68.9. The molecule has 0 bridgehead atoms. The zero-order valence-electron chi connectivity index (χ0n) is 39.7. The number of nitrogens with one attached hydrogen (secondary N) is 4. The topological polar surface area (TPSA) is 150 Å². The lowest BCUT2D eigenvalue weighted by atomic mass is 9.89. The van der Waals surface area contributed by atoms with Crippen LogP contribution in [0.15, 0.2) is 77.6 Å². The number of hydrogen-bond donors (Lipinski definition) is 4. The van der Waals surface area contributed by atoms with E-state index in [1.165, 1.54) is 4.57 Å². The van der Waals surface area contributed by atoms with E-state index in [4.69, 9.17) is 0 Å². The van der Waals surface area contributed by atoms with Crippen LogP contribution < -0.4 is 27.0 Å². The van der Waals surface area contributed by atoms with Gasteiger partial charge < -0.3 is 25.8 Å². The largest absolute Gasteiger partial charge is 0.375 e. The smallest absolute Gasteiger partial charge is 0.329 e. The number of carbonyl (C=O) groups excluding carboxylic acids is 4. The van der Waals surface area contributed by atoms with Gasteiger partial charge in [0.1, 0.15) is 12.1 Å². The summed E-state index contributed by atoms with van der Waals surface area (Å²) in [6.45, 7) is 7.88. The number of likely N-dealkylation sites (tertiary alicyclic amines) is 2. The highest BCUT2D eigenvalue weighted by molar-refractivity contribution is 6.00. The molecule has 69 heavy (non-hydrogen) atoms. The zero-order chi connectivity index (χ0) is 48.4. The van der Waals surface area contributed by atoms with Crippen molar-refractivity contribution >= 4 is 51.1 Å². The molecule has 0 aliphatic carbocycles. The zero-order valence-corrected chi connectivity index (χ0v) is 39.7. The van der Waals surface area contributed by atoms with Crippen LogP contribution in [0.5, 0.6) is 0 Å². The van der Waals surface area contributed by atoms with Crippen LogP contribution >= 0.6 is 0 Å². The lowest BCUT2D eigenvalue weighted by molar-refractivity contribution is -0.136. The number of hydrogen-bond acceptors (Lipinski definition) is 8. The molecule has 362 valence electrons. The molecule has 0 spiro atoms. The number of aromatic nitrogens is 2. The lowest BCUT2D eigenvalue weighted by Crippen LogP contribution is -2.44. The van der Waals surface area contributed by atoms with E-state index in [1.54, 1.807) is 29.8 Å². The molecule has 15 heteroatoms. The maximum absolute atomic E-state index is 14.3. The van der Waals surface area contributed by atoms with Crippen molar-refractivity contribution in [1.82, 2.24) is 34.9 Å². The van der Waals surface area contributed by atoms with Crippen molar-refractivity contribution in [3.05, 3.63) is 111 Å². The van der Waals surface area contributed by atoms with Crippen molar-refractivity contribution in [2.75, 3.05) is 51.1 Å². The second-order valence-electron chi connectivity index (χ2n) is 19.5. The fourth-order valence-electron chi connectivity index (χ4n) is 10.7. The van der Waals surface area contributed by atoms with Gasteiger partial charge in [0.25, 0.3) is 11.8 Å². The summed E-state index contributed by atoms with van der Waals surface area (Å²) in [7, 11) is 1.71. The first-order valence-electron chi connectivity index (χ1n) is 24.6. The summed E-state index contributed by atoms with van der Waals surface area (Å²) < 4.78 is 31.6. The van der Waals surface area contributed by atoms with E-state index in [0.717, 1.165) is 96.7 Å². The average Bonchev–Trinajstić information content (AvgIpc) is 3.81. The fourth-order valence-corrected chi connectivity index (χ4v) is 10.7. The highest BCUT2D eigenvalue weighted by atomic mass is 19.3. The van der Waals surface area contributed by atoms with E-state index in [0.29, 0.717) is 48.6 Å². The van der Waals surface area contributed by atoms with Gasteiger partial charge in [-0.2, -0.15) is 0 Å². The lowest BCUT2D eigenvalue weighted by Gasteiger charge is -2.32. The molecule has 4 aliphatic heterocycles. The van der Waals surface area contributed by atoms with Crippen LogP contribution in [0, 0.1) is 24.7 Å². The molecule has 4 fully saturated rings. The number of benzene rings is 4. The number of amides is 4. The third-order valence-corrected chi connectivity index (χ3v) is 14.9. The van der Waals surface area contributed by atoms with Gasteiger partial charge in [-0.1, -0.05) is 54.3 Å². The van der Waals surface area contributed by atoms with Crippen molar-refractivity contribution in [3.63, 3.8) is 0 Å². The van der Waals surface area contributed by atoms with Crippen LogP contribution in [0.1, 0.15) is 115 Å². The molecular formula is C54H62F2N8O5. The predicted octanol–water partition coefficient (Wildman–Crippen LogP) is 6.93. The number of imidazole rings is 1. The molecule has 0 radical (unpaired) electrons. The first kappa shape index (κ1) is 47.7. The molecule has 4 aliphatic rings. The minimum absolute atomic E-state index is 0.146. The number of imide groups is 1. The van der Waals surface area contributed by atoms with Gasteiger partial charge in [0, 0.05) is 62.3 Å². The molecule has 4 saturated heterocycles. The Kier molecular flexibility index (Phi) is 14.0. The Labute approximate surface area is 401 Å². The quantitative estimate of drug-likeness (QED) is 0.0598. The maximum atomic E-state index is 14.3. The molecule has 9 rings (SSSR count). The van der Waals surface area contributed by atoms with Crippen molar-refractivity contribution in [3.8, 4) is 11.8 Å². The number of anilines is 1. The molecule has 0 saturated carbocycles. The number of aryl methyl sites for hydroxylation is 2. The summed E-state index contributed by atoms with van der Waals surface area (Å²) in [6.07, 6.45) is 6.54. The summed E-state index contributed by atoms with van der Waals surface area (Å²) in [6, 6.07) is 21.3. The number of fused-ring (bicyclic) bond motifs is 2. The van der Waals surface area contributed by atoms with Crippen LogP contribution in [0.4, 0.5) is 14.5 Å². The summed E-state index contributed by atoms with van der Waals surface area (Å²) in [5.74, 6) is 3.92. The van der Waals surface area contributed by atoms with Gasteiger partial charge >= 0.3 is 5.69 Å². The molecule has 5 heterocycles. The third-order valence-electron chi connectivity index (χ3n) is 14.9. The molecular weight excluding hydrogens is 879 g/mol. The van der Waals surface area contributed by atoms with Gasteiger partial charge in [-0.3, -0.25) is 33.6 Å². The number of nitrogens with zero attached hydrogens (tertiary/aromatic N) is 4. The second kappa shape index (κ2) is 20.3. The maximum Gasteiger partial charge on any atom is 0.329 e. The van der Waals surface area contributed by atoms with Crippen molar-refractivity contribution < 1.29 is 28.0 Å². The summed E-state index contributed by atoms with van der Waals surface area (Å²) in [5.41, 5.74) is 5.88.